The highest BCUT2D eigenvalue weighted by molar-refractivity contribution is 8.18. The van der Waals surface area contributed by atoms with Gasteiger partial charge in [-0.15, -0.1) is 0 Å². The van der Waals surface area contributed by atoms with Crippen LogP contribution in [0, 0.1) is 19.7 Å². The summed E-state index contributed by atoms with van der Waals surface area (Å²) in [5.74, 6) is -0.241. The number of aryl methyl sites for hydroxylation is 2. The summed E-state index contributed by atoms with van der Waals surface area (Å²) < 4.78 is 15.2. The first-order valence-corrected chi connectivity index (χ1v) is 12.4. The van der Waals surface area contributed by atoms with Crippen molar-refractivity contribution in [2.75, 3.05) is 11.4 Å². The van der Waals surface area contributed by atoms with Gasteiger partial charge in [0.05, 0.1) is 10.6 Å². The maximum atomic E-state index is 15.2. The molecule has 1 fully saturated rings. The molecule has 0 aliphatic carbocycles. The van der Waals surface area contributed by atoms with Gasteiger partial charge in [0.15, 0.2) is 5.17 Å². The van der Waals surface area contributed by atoms with Crippen LogP contribution in [-0.2, 0) is 4.79 Å². The minimum Gasteiger partial charge on any atom is -0.366 e. The molecule has 2 aliphatic heterocycles. The number of hydrogen-bond donors (Lipinski definition) is 1. The number of carbonyl (C=O) groups excluding carboxylic acids is 1. The highest BCUT2D eigenvalue weighted by atomic mass is 32.2. The zero-order valence-corrected chi connectivity index (χ0v) is 21.1. The van der Waals surface area contributed by atoms with Crippen LogP contribution >= 0.6 is 11.8 Å². The zero-order valence-electron chi connectivity index (χ0n) is 20.3. The number of rotatable bonds is 4. The number of anilines is 1. The number of amidine groups is 1. The predicted molar refractivity (Wildman–Crippen MR) is 138 cm³/mol. The maximum absolute atomic E-state index is 15.2. The molecule has 0 spiro atoms. The first kappa shape index (κ1) is 23.6. The molecule has 4 rings (SSSR count). The largest absolute Gasteiger partial charge is 0.366 e. The van der Waals surface area contributed by atoms with Crippen LogP contribution in [0.5, 0.6) is 0 Å². The van der Waals surface area contributed by atoms with Gasteiger partial charge in [-0.05, 0) is 105 Å². The van der Waals surface area contributed by atoms with Crippen LogP contribution in [0.1, 0.15) is 68.7 Å². The van der Waals surface area contributed by atoms with Crippen LogP contribution in [-0.4, -0.2) is 23.2 Å². The van der Waals surface area contributed by atoms with Gasteiger partial charge in [0.25, 0.3) is 5.91 Å². The lowest BCUT2D eigenvalue weighted by Gasteiger charge is -2.47. The number of aliphatic imine (C=N–C) groups is 1. The van der Waals surface area contributed by atoms with Gasteiger partial charge in [-0.3, -0.25) is 4.79 Å². The summed E-state index contributed by atoms with van der Waals surface area (Å²) in [5.41, 5.74) is 5.57. The van der Waals surface area contributed by atoms with Crippen LogP contribution in [0.4, 0.5) is 15.8 Å². The molecule has 2 aliphatic rings. The number of benzene rings is 2. The van der Waals surface area contributed by atoms with Gasteiger partial charge >= 0.3 is 0 Å². The number of nitrogens with one attached hydrogen (secondary N) is 1. The number of fused-ring (bicyclic) bond motifs is 1. The van der Waals surface area contributed by atoms with E-state index in [-0.39, 0.29) is 17.3 Å². The van der Waals surface area contributed by atoms with E-state index in [2.05, 4.69) is 49.0 Å². The van der Waals surface area contributed by atoms with Crippen LogP contribution in [0.25, 0.3) is 6.08 Å². The Labute approximate surface area is 200 Å². The third-order valence-corrected chi connectivity index (χ3v) is 7.24. The van der Waals surface area contributed by atoms with Gasteiger partial charge < -0.3 is 10.2 Å². The molecule has 1 atom stereocenters. The van der Waals surface area contributed by atoms with E-state index in [9.17, 15) is 4.79 Å². The fourth-order valence-electron chi connectivity index (χ4n) is 5.03. The van der Waals surface area contributed by atoms with Crippen molar-refractivity contribution < 1.29 is 9.18 Å². The van der Waals surface area contributed by atoms with Crippen molar-refractivity contribution in [1.82, 2.24) is 5.32 Å². The molecule has 4 nitrogen and oxygen atoms in total. The molecule has 33 heavy (non-hydrogen) atoms. The molecule has 1 saturated heterocycles. The first-order valence-electron chi connectivity index (χ1n) is 11.6. The third-order valence-electron chi connectivity index (χ3n) is 6.33. The molecular formula is C27H32FN3OS. The Bertz CT molecular complexity index is 1150. The quantitative estimate of drug-likeness (QED) is 0.503. The van der Waals surface area contributed by atoms with Crippen LogP contribution in [0.3, 0.4) is 0 Å². The van der Waals surface area contributed by atoms with Gasteiger partial charge in [0, 0.05) is 23.3 Å². The van der Waals surface area contributed by atoms with Gasteiger partial charge in [-0.2, -0.15) is 0 Å². The van der Waals surface area contributed by atoms with Crippen molar-refractivity contribution in [2.24, 2.45) is 4.99 Å². The summed E-state index contributed by atoms with van der Waals surface area (Å²) in [4.78, 5) is 19.9. The van der Waals surface area contributed by atoms with Crippen molar-refractivity contribution in [3.63, 3.8) is 0 Å². The summed E-state index contributed by atoms with van der Waals surface area (Å²) >= 11 is 1.25. The lowest BCUT2D eigenvalue weighted by atomic mass is 9.79. The molecule has 1 amide bonds. The Kier molecular flexibility index (Phi) is 6.41. The van der Waals surface area contributed by atoms with Crippen LogP contribution in [0.2, 0.25) is 0 Å². The van der Waals surface area contributed by atoms with Crippen LogP contribution < -0.4 is 10.2 Å². The standard InChI is InChI=1S/C27H32FN3OS/c1-7-8-31-23-14-22(28)19(12-21(23)18(4)15-27(31,5)6)13-24-25(32)30-26(33-24)29-20-10-16(2)9-17(3)11-20/h9-14,18H,7-8,15H2,1-6H3,(H,29,30,32)/b24-13+. The Morgan fingerprint density at radius 3 is 2.58 bits per heavy atom. The number of nitrogens with zero attached hydrogens (tertiary/aromatic N) is 2. The fraction of sp³-hybridized carbons (Fsp3) is 0.407. The summed E-state index contributed by atoms with van der Waals surface area (Å²) in [7, 11) is 0. The van der Waals surface area contributed by atoms with Crippen LogP contribution in [0.15, 0.2) is 40.2 Å². The monoisotopic (exact) mass is 465 g/mol. The molecule has 0 radical (unpaired) electrons. The van der Waals surface area contributed by atoms with E-state index in [1.165, 1.54) is 11.8 Å². The van der Waals surface area contributed by atoms with Crippen molar-refractivity contribution in [3.05, 3.63) is 63.3 Å². The Hall–Kier alpha value is -2.60. The highest BCUT2D eigenvalue weighted by Crippen LogP contribution is 2.44. The smallest absolute Gasteiger partial charge is 0.264 e. The molecule has 0 aromatic heterocycles. The molecular weight excluding hydrogens is 433 g/mol. The Morgan fingerprint density at radius 2 is 1.91 bits per heavy atom. The van der Waals surface area contributed by atoms with Gasteiger partial charge in [-0.25, -0.2) is 9.38 Å². The lowest BCUT2D eigenvalue weighted by Crippen LogP contribution is -2.48. The maximum Gasteiger partial charge on any atom is 0.264 e. The van der Waals surface area contributed by atoms with E-state index in [1.807, 2.05) is 32.0 Å². The number of thioether (sulfide) groups is 1. The number of amides is 1. The van der Waals surface area contributed by atoms with Gasteiger partial charge in [0.1, 0.15) is 5.82 Å². The normalized spacial score (nSPS) is 22.1. The van der Waals surface area contributed by atoms with Crippen molar-refractivity contribution >= 4 is 40.3 Å². The molecule has 1 unspecified atom stereocenters. The second-order valence-electron chi connectivity index (χ2n) is 9.83. The highest BCUT2D eigenvalue weighted by Gasteiger charge is 2.36. The van der Waals surface area contributed by atoms with E-state index in [4.69, 9.17) is 0 Å². The third kappa shape index (κ3) is 4.86. The van der Waals surface area contributed by atoms with E-state index >= 15 is 4.39 Å². The van der Waals surface area contributed by atoms with Gasteiger partial charge in [0.2, 0.25) is 0 Å². The van der Waals surface area contributed by atoms with E-state index in [1.54, 1.807) is 12.1 Å². The van der Waals surface area contributed by atoms with E-state index in [0.717, 1.165) is 47.5 Å². The molecule has 2 aromatic rings. The predicted octanol–water partition coefficient (Wildman–Crippen LogP) is 6.84. The summed E-state index contributed by atoms with van der Waals surface area (Å²) in [6, 6.07) is 9.60. The Balaban J connectivity index is 1.66. The molecule has 0 saturated carbocycles. The molecule has 174 valence electrons. The van der Waals surface area contributed by atoms with Crippen molar-refractivity contribution in [1.29, 1.82) is 0 Å². The zero-order chi connectivity index (χ0) is 23.9. The SMILES string of the molecule is CCCN1c2cc(F)c(/C=C3/SC(=Nc4cc(C)cc(C)c4)NC3=O)cc2C(C)CC1(C)C. The first-order chi connectivity index (χ1) is 15.6. The number of hydrogen-bond acceptors (Lipinski definition) is 4. The van der Waals surface area contributed by atoms with Crippen molar-refractivity contribution in [3.8, 4) is 0 Å². The average molecular weight is 466 g/mol. The van der Waals surface area contributed by atoms with E-state index in [0.29, 0.717) is 21.6 Å². The topological polar surface area (TPSA) is 44.7 Å². The second kappa shape index (κ2) is 8.98. The molecule has 1 N–H and O–H groups in total. The van der Waals surface area contributed by atoms with E-state index < -0.39 is 0 Å². The molecule has 0 bridgehead atoms. The fourth-order valence-corrected chi connectivity index (χ4v) is 5.87. The summed E-state index contributed by atoms with van der Waals surface area (Å²) in [6.45, 7) is 13.7. The molecule has 2 aromatic carbocycles. The minimum atomic E-state index is -0.305. The lowest BCUT2D eigenvalue weighted by molar-refractivity contribution is -0.115. The Morgan fingerprint density at radius 1 is 1.21 bits per heavy atom. The summed E-state index contributed by atoms with van der Waals surface area (Å²) in [5, 5.41) is 3.32. The number of carbonyl (C=O) groups is 1. The second-order valence-corrected chi connectivity index (χ2v) is 10.9. The average Bonchev–Trinajstić information content (AvgIpc) is 3.03. The number of halogens is 1. The molecule has 2 heterocycles. The summed E-state index contributed by atoms with van der Waals surface area (Å²) in [6.07, 6.45) is 3.66. The van der Waals surface area contributed by atoms with Crippen molar-refractivity contribution in [2.45, 2.75) is 65.8 Å². The molecule has 6 heteroatoms. The minimum absolute atomic E-state index is 0.0183. The van der Waals surface area contributed by atoms with Gasteiger partial charge in [-0.1, -0.05) is 19.9 Å².